The molecular formula is C15H16N10O5. The maximum Gasteiger partial charge on any atom is 0.302 e. The van der Waals surface area contributed by atoms with Crippen molar-refractivity contribution in [2.75, 3.05) is 18.1 Å². The molecular weight excluding hydrogens is 400 g/mol. The largest absolute Gasteiger partial charge is 0.394 e. The van der Waals surface area contributed by atoms with E-state index in [1.165, 1.54) is 21.8 Å². The number of nitrogens with one attached hydrogen (secondary N) is 1. The zero-order valence-electron chi connectivity index (χ0n) is 15.1. The molecule has 4 atom stereocenters. The Kier molecular flexibility index (Phi) is 3.93. The van der Waals surface area contributed by atoms with Gasteiger partial charge in [0.05, 0.1) is 19.3 Å². The molecule has 4 unspecified atom stereocenters. The van der Waals surface area contributed by atoms with Gasteiger partial charge in [-0.25, -0.2) is 14.5 Å². The lowest BCUT2D eigenvalue weighted by Gasteiger charge is -2.19. The monoisotopic (exact) mass is 416 g/mol. The minimum absolute atomic E-state index is 0.0457. The Labute approximate surface area is 165 Å². The van der Waals surface area contributed by atoms with Gasteiger partial charge in [-0.1, -0.05) is 0 Å². The Bertz CT molecular complexity index is 1330. The number of hydrogen-bond donors (Lipinski definition) is 6. The van der Waals surface area contributed by atoms with Crippen molar-refractivity contribution in [2.45, 2.75) is 24.5 Å². The number of nitrogens with zero attached hydrogens (tertiary/aromatic N) is 7. The highest BCUT2D eigenvalue weighted by atomic mass is 16.6. The molecule has 15 heteroatoms. The van der Waals surface area contributed by atoms with Crippen molar-refractivity contribution in [3.8, 4) is 5.95 Å². The summed E-state index contributed by atoms with van der Waals surface area (Å²) in [4.78, 5) is 35.5. The molecule has 0 aromatic carbocycles. The zero-order valence-corrected chi connectivity index (χ0v) is 15.1. The molecule has 0 spiro atoms. The van der Waals surface area contributed by atoms with Gasteiger partial charge in [0.1, 0.15) is 23.8 Å². The van der Waals surface area contributed by atoms with Gasteiger partial charge in [-0.3, -0.25) is 9.36 Å². The molecule has 0 saturated carbocycles. The molecule has 1 aliphatic heterocycles. The molecule has 5 heterocycles. The molecule has 156 valence electrons. The highest BCUT2D eigenvalue weighted by Gasteiger charge is 2.44. The summed E-state index contributed by atoms with van der Waals surface area (Å²) in [7, 11) is 0. The fourth-order valence-electron chi connectivity index (χ4n) is 3.48. The van der Waals surface area contributed by atoms with Crippen LogP contribution < -0.4 is 17.0 Å². The van der Waals surface area contributed by atoms with E-state index in [-0.39, 0.29) is 34.5 Å². The number of ether oxygens (including phenoxy) is 1. The summed E-state index contributed by atoms with van der Waals surface area (Å²) in [6.45, 7) is -0.521. The van der Waals surface area contributed by atoms with E-state index >= 15 is 0 Å². The van der Waals surface area contributed by atoms with E-state index in [0.717, 1.165) is 0 Å². The molecule has 15 nitrogen and oxygen atoms in total. The summed E-state index contributed by atoms with van der Waals surface area (Å²) in [5.74, 6) is -0.233. The number of aliphatic hydroxyl groups is 3. The van der Waals surface area contributed by atoms with E-state index < -0.39 is 36.7 Å². The Morgan fingerprint density at radius 3 is 2.70 bits per heavy atom. The number of aliphatic hydroxyl groups excluding tert-OH is 3. The lowest BCUT2D eigenvalue weighted by molar-refractivity contribution is -0.0512. The van der Waals surface area contributed by atoms with Gasteiger partial charge in [-0.2, -0.15) is 15.0 Å². The normalized spacial score (nSPS) is 24.2. The first kappa shape index (κ1) is 18.4. The lowest BCUT2D eigenvalue weighted by Crippen LogP contribution is -2.33. The van der Waals surface area contributed by atoms with Gasteiger partial charge in [-0.15, -0.1) is 0 Å². The van der Waals surface area contributed by atoms with Crippen LogP contribution in [0.15, 0.2) is 17.4 Å². The van der Waals surface area contributed by atoms with Gasteiger partial charge in [0.2, 0.25) is 11.9 Å². The molecule has 30 heavy (non-hydrogen) atoms. The smallest absolute Gasteiger partial charge is 0.302 e. The summed E-state index contributed by atoms with van der Waals surface area (Å²) in [5, 5.41) is 29.9. The SMILES string of the molecule is Nc1nc(-n2c(N)nc(=O)c3ncn(C4OC(CO)C(O)C4O)c32)nc2nc[nH]c12. The van der Waals surface area contributed by atoms with Crippen molar-refractivity contribution in [2.24, 2.45) is 0 Å². The van der Waals surface area contributed by atoms with Crippen molar-refractivity contribution in [1.29, 1.82) is 0 Å². The predicted molar refractivity (Wildman–Crippen MR) is 100 cm³/mol. The lowest BCUT2D eigenvalue weighted by atomic mass is 10.1. The van der Waals surface area contributed by atoms with E-state index in [1.807, 2.05) is 0 Å². The van der Waals surface area contributed by atoms with Crippen LogP contribution in [0.2, 0.25) is 0 Å². The summed E-state index contributed by atoms with van der Waals surface area (Å²) in [6.07, 6.45) is -2.37. The maximum atomic E-state index is 12.4. The molecule has 0 bridgehead atoms. The van der Waals surface area contributed by atoms with Gasteiger partial charge in [0.25, 0.3) is 0 Å². The third kappa shape index (κ3) is 2.47. The van der Waals surface area contributed by atoms with Crippen LogP contribution in [-0.4, -0.2) is 79.3 Å². The second kappa shape index (κ2) is 6.42. The quantitative estimate of drug-likeness (QED) is 0.196. The number of nitrogens with two attached hydrogens (primary N) is 2. The molecule has 1 fully saturated rings. The van der Waals surface area contributed by atoms with E-state index in [0.29, 0.717) is 5.52 Å². The Morgan fingerprint density at radius 2 is 1.97 bits per heavy atom. The topological polar surface area (TPSA) is 229 Å². The van der Waals surface area contributed by atoms with Crippen LogP contribution >= 0.6 is 0 Å². The van der Waals surface area contributed by atoms with E-state index in [4.69, 9.17) is 16.2 Å². The van der Waals surface area contributed by atoms with E-state index in [1.54, 1.807) is 0 Å². The number of rotatable bonds is 3. The fraction of sp³-hybridized carbons (Fsp3) is 0.333. The van der Waals surface area contributed by atoms with Crippen LogP contribution in [0.1, 0.15) is 6.23 Å². The standard InChI is InChI=1S/C15H16N10O5/c16-9-5-10(19-2-18-5)22-15(21-9)25-12-6(11(29)23-14(25)17)20-3-24(12)13-8(28)7(27)4(1-26)30-13/h2-4,7-8,13,26-28H,1H2,(H2,17,23,29)(H3,16,18,19,21,22). The van der Waals surface area contributed by atoms with Crippen LogP contribution in [0.5, 0.6) is 0 Å². The Morgan fingerprint density at radius 1 is 1.17 bits per heavy atom. The van der Waals surface area contributed by atoms with Crippen molar-refractivity contribution in [3.05, 3.63) is 23.0 Å². The molecule has 0 amide bonds. The number of fused-ring (bicyclic) bond motifs is 2. The first-order valence-corrected chi connectivity index (χ1v) is 8.75. The van der Waals surface area contributed by atoms with Gasteiger partial charge < -0.3 is 36.5 Å². The number of aromatic amines is 1. The third-order valence-electron chi connectivity index (χ3n) is 4.92. The Balaban J connectivity index is 1.78. The Hall–Kier alpha value is -3.66. The van der Waals surface area contributed by atoms with Crippen LogP contribution in [0.4, 0.5) is 11.8 Å². The minimum Gasteiger partial charge on any atom is -0.394 e. The fourth-order valence-corrected chi connectivity index (χ4v) is 3.48. The first-order valence-electron chi connectivity index (χ1n) is 8.75. The minimum atomic E-state index is -1.42. The molecule has 0 radical (unpaired) electrons. The van der Waals surface area contributed by atoms with Gasteiger partial charge in [0.15, 0.2) is 28.9 Å². The van der Waals surface area contributed by atoms with Crippen molar-refractivity contribution >= 4 is 34.1 Å². The van der Waals surface area contributed by atoms with E-state index in [9.17, 15) is 20.1 Å². The van der Waals surface area contributed by atoms with Crippen molar-refractivity contribution in [1.82, 2.24) is 39.0 Å². The highest BCUT2D eigenvalue weighted by Crippen LogP contribution is 2.32. The second-order valence-electron chi connectivity index (χ2n) is 6.67. The van der Waals surface area contributed by atoms with Crippen LogP contribution in [-0.2, 0) is 4.74 Å². The van der Waals surface area contributed by atoms with Crippen LogP contribution in [0.3, 0.4) is 0 Å². The predicted octanol–water partition coefficient (Wildman–Crippen LogP) is -2.98. The first-order chi connectivity index (χ1) is 14.4. The summed E-state index contributed by atoms with van der Waals surface area (Å²) in [6, 6.07) is 0. The highest BCUT2D eigenvalue weighted by molar-refractivity contribution is 5.82. The number of hydrogen-bond acceptors (Lipinski definition) is 12. The third-order valence-corrected chi connectivity index (χ3v) is 4.92. The van der Waals surface area contributed by atoms with Gasteiger partial charge in [-0.05, 0) is 0 Å². The number of H-pyrrole nitrogens is 1. The number of nitrogen functional groups attached to an aromatic ring is 2. The van der Waals surface area contributed by atoms with E-state index in [2.05, 4.69) is 29.9 Å². The average Bonchev–Trinajstić information content (AvgIpc) is 3.41. The zero-order chi connectivity index (χ0) is 21.2. The second-order valence-corrected chi connectivity index (χ2v) is 6.67. The van der Waals surface area contributed by atoms with Crippen LogP contribution in [0.25, 0.3) is 28.3 Å². The number of imidazole rings is 2. The summed E-state index contributed by atoms with van der Waals surface area (Å²) in [5.41, 5.74) is 11.9. The van der Waals surface area contributed by atoms with Crippen molar-refractivity contribution < 1.29 is 20.1 Å². The molecule has 0 aliphatic carbocycles. The van der Waals surface area contributed by atoms with Crippen molar-refractivity contribution in [3.63, 3.8) is 0 Å². The molecule has 5 rings (SSSR count). The molecule has 1 aliphatic rings. The van der Waals surface area contributed by atoms with Gasteiger partial charge in [0, 0.05) is 0 Å². The summed E-state index contributed by atoms with van der Waals surface area (Å²) < 4.78 is 8.05. The van der Waals surface area contributed by atoms with Gasteiger partial charge >= 0.3 is 5.56 Å². The molecule has 1 saturated heterocycles. The molecule has 4 aromatic rings. The molecule has 4 aromatic heterocycles. The number of anilines is 2. The summed E-state index contributed by atoms with van der Waals surface area (Å²) >= 11 is 0. The number of aromatic nitrogens is 8. The maximum absolute atomic E-state index is 12.4. The van der Waals surface area contributed by atoms with Crippen LogP contribution in [0, 0.1) is 0 Å². The molecule has 8 N–H and O–H groups in total. The average molecular weight is 416 g/mol.